The predicted octanol–water partition coefficient (Wildman–Crippen LogP) is 2.34. The number of carbonyl (C=O) groups excluding carboxylic acids is 2. The van der Waals surface area contributed by atoms with Crippen molar-refractivity contribution < 1.29 is 18.4 Å². The topological polar surface area (TPSA) is 73.8 Å². The van der Waals surface area contributed by atoms with Crippen molar-refractivity contribution in [2.24, 2.45) is 4.99 Å². The number of benzene rings is 2. The van der Waals surface area contributed by atoms with Crippen LogP contribution in [-0.2, 0) is 9.59 Å². The van der Waals surface area contributed by atoms with Gasteiger partial charge in [0.1, 0.15) is 17.6 Å². The summed E-state index contributed by atoms with van der Waals surface area (Å²) in [5.41, 5.74) is 1.28. The Kier molecular flexibility index (Phi) is 4.31. The van der Waals surface area contributed by atoms with Gasteiger partial charge >= 0.3 is 0 Å². The van der Waals surface area contributed by atoms with Gasteiger partial charge in [-0.1, -0.05) is 6.07 Å². The SMILES string of the molecule is O=C1CN(c2ccc(N=CC3C(=O)Nc4cccc(F)c43)cc2F)CCN1. The van der Waals surface area contributed by atoms with Crippen molar-refractivity contribution in [2.75, 3.05) is 29.9 Å². The first-order valence-corrected chi connectivity index (χ1v) is 8.47. The largest absolute Gasteiger partial charge is 0.358 e. The van der Waals surface area contributed by atoms with Crippen LogP contribution in [0.1, 0.15) is 11.5 Å². The van der Waals surface area contributed by atoms with Crippen molar-refractivity contribution in [3.63, 3.8) is 0 Å². The van der Waals surface area contributed by atoms with E-state index in [-0.39, 0.29) is 23.9 Å². The van der Waals surface area contributed by atoms with Gasteiger partial charge in [0, 0.05) is 36.6 Å². The third-order valence-corrected chi connectivity index (χ3v) is 4.59. The van der Waals surface area contributed by atoms with Gasteiger partial charge in [-0.2, -0.15) is 0 Å². The van der Waals surface area contributed by atoms with Crippen LogP contribution in [0.2, 0.25) is 0 Å². The Morgan fingerprint density at radius 1 is 1.15 bits per heavy atom. The lowest BCUT2D eigenvalue weighted by molar-refractivity contribution is -0.120. The first-order valence-electron chi connectivity index (χ1n) is 8.47. The molecule has 0 spiro atoms. The summed E-state index contributed by atoms with van der Waals surface area (Å²) in [6, 6.07) is 8.79. The Morgan fingerprint density at radius 3 is 2.78 bits per heavy atom. The van der Waals surface area contributed by atoms with E-state index in [1.54, 1.807) is 23.1 Å². The van der Waals surface area contributed by atoms with Gasteiger partial charge in [-0.15, -0.1) is 0 Å². The molecule has 2 N–H and O–H groups in total. The van der Waals surface area contributed by atoms with Crippen LogP contribution in [-0.4, -0.2) is 37.7 Å². The molecule has 0 aromatic heterocycles. The Hall–Kier alpha value is -3.29. The summed E-state index contributed by atoms with van der Waals surface area (Å²) in [5, 5.41) is 5.29. The maximum absolute atomic E-state index is 14.5. The number of rotatable bonds is 3. The minimum absolute atomic E-state index is 0.0951. The summed E-state index contributed by atoms with van der Waals surface area (Å²) < 4.78 is 28.5. The molecule has 1 saturated heterocycles. The van der Waals surface area contributed by atoms with E-state index in [2.05, 4.69) is 15.6 Å². The van der Waals surface area contributed by atoms with Crippen molar-refractivity contribution in [3.8, 4) is 0 Å². The second-order valence-corrected chi connectivity index (χ2v) is 6.35. The van der Waals surface area contributed by atoms with Gasteiger partial charge in [-0.25, -0.2) is 8.78 Å². The molecule has 2 heterocycles. The molecule has 2 aliphatic rings. The molecule has 2 aromatic carbocycles. The highest BCUT2D eigenvalue weighted by atomic mass is 19.1. The summed E-state index contributed by atoms with van der Waals surface area (Å²) in [7, 11) is 0. The molecular formula is C19H16F2N4O2. The second-order valence-electron chi connectivity index (χ2n) is 6.35. The van der Waals surface area contributed by atoms with Crippen molar-refractivity contribution >= 4 is 35.1 Å². The fourth-order valence-electron chi connectivity index (χ4n) is 3.28. The Labute approximate surface area is 153 Å². The molecule has 0 bridgehead atoms. The first kappa shape index (κ1) is 17.1. The number of piperazine rings is 1. The van der Waals surface area contributed by atoms with Crippen LogP contribution < -0.4 is 15.5 Å². The minimum atomic E-state index is -0.866. The molecule has 2 aromatic rings. The van der Waals surface area contributed by atoms with Gasteiger partial charge in [0.25, 0.3) is 0 Å². The maximum Gasteiger partial charge on any atom is 0.239 e. The standard InChI is InChI=1S/C19H16F2N4O2/c20-13-2-1-3-15-18(13)12(19(27)24-15)9-23-11-4-5-16(14(21)8-11)25-7-6-22-17(26)10-25/h1-5,8-9,12H,6-7,10H2,(H,22,26)(H,24,27). The molecule has 138 valence electrons. The monoisotopic (exact) mass is 370 g/mol. The van der Waals surface area contributed by atoms with Crippen LogP contribution in [0.25, 0.3) is 0 Å². The molecule has 4 rings (SSSR count). The Morgan fingerprint density at radius 2 is 2.00 bits per heavy atom. The number of nitrogens with one attached hydrogen (secondary N) is 2. The van der Waals surface area contributed by atoms with E-state index < -0.39 is 17.6 Å². The third-order valence-electron chi connectivity index (χ3n) is 4.59. The molecule has 0 aliphatic carbocycles. The van der Waals surface area contributed by atoms with Gasteiger partial charge < -0.3 is 15.5 Å². The van der Waals surface area contributed by atoms with Crippen molar-refractivity contribution in [3.05, 3.63) is 53.6 Å². The van der Waals surface area contributed by atoms with Crippen LogP contribution in [0.15, 0.2) is 41.4 Å². The normalized spacial score (nSPS) is 19.2. The van der Waals surface area contributed by atoms with Crippen molar-refractivity contribution in [1.82, 2.24) is 5.32 Å². The molecule has 8 heteroatoms. The number of hydrogen-bond donors (Lipinski definition) is 2. The Balaban J connectivity index is 1.56. The average molecular weight is 370 g/mol. The maximum atomic E-state index is 14.5. The van der Waals surface area contributed by atoms with E-state index in [9.17, 15) is 18.4 Å². The molecule has 0 saturated carbocycles. The van der Waals surface area contributed by atoms with Gasteiger partial charge in [-0.3, -0.25) is 14.6 Å². The lowest BCUT2D eigenvalue weighted by atomic mass is 10.0. The number of carbonyl (C=O) groups is 2. The molecule has 1 fully saturated rings. The number of hydrogen-bond acceptors (Lipinski definition) is 4. The zero-order valence-corrected chi connectivity index (χ0v) is 14.2. The number of nitrogens with zero attached hydrogens (tertiary/aromatic N) is 2. The van der Waals surface area contributed by atoms with Crippen molar-refractivity contribution in [2.45, 2.75) is 5.92 Å². The molecule has 6 nitrogen and oxygen atoms in total. The van der Waals surface area contributed by atoms with E-state index in [1.165, 1.54) is 24.4 Å². The van der Waals surface area contributed by atoms with Crippen LogP contribution in [0, 0.1) is 11.6 Å². The highest BCUT2D eigenvalue weighted by Crippen LogP contribution is 2.34. The molecule has 27 heavy (non-hydrogen) atoms. The minimum Gasteiger partial charge on any atom is -0.358 e. The number of amides is 2. The van der Waals surface area contributed by atoms with Gasteiger partial charge in [0.2, 0.25) is 11.8 Å². The first-order chi connectivity index (χ1) is 13.0. The quantitative estimate of drug-likeness (QED) is 0.815. The molecular weight excluding hydrogens is 354 g/mol. The van der Waals surface area contributed by atoms with Crippen LogP contribution in [0.4, 0.5) is 25.8 Å². The zero-order chi connectivity index (χ0) is 19.0. The van der Waals surface area contributed by atoms with Crippen LogP contribution in [0.3, 0.4) is 0 Å². The van der Waals surface area contributed by atoms with E-state index in [0.29, 0.717) is 30.2 Å². The van der Waals surface area contributed by atoms with Gasteiger partial charge in [-0.05, 0) is 24.3 Å². The van der Waals surface area contributed by atoms with E-state index in [1.807, 2.05) is 0 Å². The smallest absolute Gasteiger partial charge is 0.239 e. The number of aliphatic imine (C=N–C) groups is 1. The summed E-state index contributed by atoms with van der Waals surface area (Å²) in [6.45, 7) is 1.07. The number of anilines is 2. The Bertz CT molecular complexity index is 961. The van der Waals surface area contributed by atoms with Gasteiger partial charge in [0.05, 0.1) is 17.9 Å². The average Bonchev–Trinajstić information content (AvgIpc) is 2.96. The molecule has 1 unspecified atom stereocenters. The predicted molar refractivity (Wildman–Crippen MR) is 97.5 cm³/mol. The zero-order valence-electron chi connectivity index (χ0n) is 14.2. The van der Waals surface area contributed by atoms with E-state index in [0.717, 1.165) is 0 Å². The lowest BCUT2D eigenvalue weighted by Gasteiger charge is -2.28. The van der Waals surface area contributed by atoms with E-state index in [4.69, 9.17) is 0 Å². The number of fused-ring (bicyclic) bond motifs is 1. The highest BCUT2D eigenvalue weighted by Gasteiger charge is 2.31. The summed E-state index contributed by atoms with van der Waals surface area (Å²) in [4.78, 5) is 29.3. The third kappa shape index (κ3) is 3.25. The molecule has 1 atom stereocenters. The van der Waals surface area contributed by atoms with E-state index >= 15 is 0 Å². The van der Waals surface area contributed by atoms with Crippen molar-refractivity contribution in [1.29, 1.82) is 0 Å². The van der Waals surface area contributed by atoms with Crippen LogP contribution >= 0.6 is 0 Å². The van der Waals surface area contributed by atoms with Gasteiger partial charge in [0.15, 0.2) is 0 Å². The molecule has 0 radical (unpaired) electrons. The fraction of sp³-hybridized carbons (Fsp3) is 0.211. The second kappa shape index (κ2) is 6.79. The lowest BCUT2D eigenvalue weighted by Crippen LogP contribution is -2.48. The summed E-state index contributed by atoms with van der Waals surface area (Å²) in [6.07, 6.45) is 1.31. The fourth-order valence-corrected chi connectivity index (χ4v) is 3.28. The number of halogens is 2. The molecule has 2 aliphatic heterocycles. The van der Waals surface area contributed by atoms with Crippen LogP contribution in [0.5, 0.6) is 0 Å². The summed E-state index contributed by atoms with van der Waals surface area (Å²) in [5.74, 6) is -2.41. The summed E-state index contributed by atoms with van der Waals surface area (Å²) >= 11 is 0. The molecule has 2 amide bonds. The highest BCUT2D eigenvalue weighted by molar-refractivity contribution is 6.12.